The van der Waals surface area contributed by atoms with Gasteiger partial charge in [-0.3, -0.25) is 19.4 Å². The first-order valence-electron chi connectivity index (χ1n) is 11.2. The van der Waals surface area contributed by atoms with Gasteiger partial charge >= 0.3 is 0 Å². The number of benzene rings is 3. The molecule has 3 aromatic carbocycles. The van der Waals surface area contributed by atoms with Crippen molar-refractivity contribution in [3.05, 3.63) is 83.9 Å². The fraction of sp³-hybridized carbons (Fsp3) is 0.214. The third-order valence-electron chi connectivity index (χ3n) is 5.97. The fourth-order valence-electron chi connectivity index (χ4n) is 4.23. The molecule has 0 spiro atoms. The summed E-state index contributed by atoms with van der Waals surface area (Å²) in [4.78, 5) is 30.6. The highest BCUT2D eigenvalue weighted by Gasteiger charge is 2.42. The van der Waals surface area contributed by atoms with Crippen LogP contribution < -0.4 is 24.0 Å². The van der Waals surface area contributed by atoms with Crippen LogP contribution in [0.5, 0.6) is 17.2 Å². The lowest BCUT2D eigenvalue weighted by molar-refractivity contribution is -0.127. The lowest BCUT2D eigenvalue weighted by atomic mass is 9.98. The Balaban J connectivity index is 1.80. The number of methoxy groups -OCH3 is 3. The van der Waals surface area contributed by atoms with E-state index in [4.69, 9.17) is 14.2 Å². The van der Waals surface area contributed by atoms with Crippen LogP contribution in [0.15, 0.2) is 78.4 Å². The van der Waals surface area contributed by atoms with Crippen molar-refractivity contribution in [2.24, 2.45) is 0 Å². The van der Waals surface area contributed by atoms with Gasteiger partial charge in [0.05, 0.1) is 27.0 Å². The van der Waals surface area contributed by atoms with Crippen LogP contribution in [0.25, 0.3) is 6.08 Å². The number of piperazine rings is 1. The molecule has 1 saturated heterocycles. The molecule has 180 valence electrons. The van der Waals surface area contributed by atoms with Gasteiger partial charge in [0.2, 0.25) is 5.91 Å². The average molecular weight is 473 g/mol. The maximum atomic E-state index is 14.0. The Labute approximate surface area is 205 Å². The number of rotatable bonds is 7. The number of ether oxygens (including phenoxy) is 3. The maximum Gasteiger partial charge on any atom is 0.255 e. The first kappa shape index (κ1) is 23.9. The van der Waals surface area contributed by atoms with E-state index in [0.717, 1.165) is 11.1 Å². The smallest absolute Gasteiger partial charge is 0.255 e. The van der Waals surface area contributed by atoms with Gasteiger partial charge in [0.15, 0.2) is 0 Å². The molecule has 1 aliphatic rings. The van der Waals surface area contributed by atoms with Gasteiger partial charge in [-0.1, -0.05) is 36.4 Å². The number of carbonyl (C=O) groups excluding carboxylic acids is 2. The lowest BCUT2D eigenvalue weighted by Crippen LogP contribution is -2.61. The summed E-state index contributed by atoms with van der Waals surface area (Å²) in [5.41, 5.74) is 2.82. The highest BCUT2D eigenvalue weighted by molar-refractivity contribution is 6.16. The van der Waals surface area contributed by atoms with Crippen molar-refractivity contribution in [1.82, 2.24) is 0 Å². The topological polar surface area (TPSA) is 68.3 Å². The molecule has 0 radical (unpaired) electrons. The number of nitrogens with zero attached hydrogens (tertiary/aromatic N) is 2. The van der Waals surface area contributed by atoms with E-state index >= 15 is 0 Å². The Morgan fingerprint density at radius 2 is 1.51 bits per heavy atom. The molecule has 1 heterocycles. The molecular weight excluding hydrogens is 444 g/mol. The molecule has 2 amide bonds. The molecule has 7 nitrogen and oxygen atoms in total. The van der Waals surface area contributed by atoms with Crippen molar-refractivity contribution in [2.75, 3.05) is 37.7 Å². The minimum Gasteiger partial charge on any atom is -0.497 e. The summed E-state index contributed by atoms with van der Waals surface area (Å²) < 4.78 is 16.1. The Morgan fingerprint density at radius 1 is 0.857 bits per heavy atom. The normalized spacial score (nSPS) is 16.3. The number of anilines is 2. The van der Waals surface area contributed by atoms with E-state index < -0.39 is 6.04 Å². The summed E-state index contributed by atoms with van der Waals surface area (Å²) >= 11 is 0. The summed E-state index contributed by atoms with van der Waals surface area (Å²) in [5.74, 6) is 1.28. The Morgan fingerprint density at radius 3 is 2.14 bits per heavy atom. The van der Waals surface area contributed by atoms with Gasteiger partial charge in [0.25, 0.3) is 5.91 Å². The minimum atomic E-state index is -0.836. The van der Waals surface area contributed by atoms with E-state index in [1.807, 2.05) is 43.3 Å². The monoisotopic (exact) mass is 472 g/mol. The van der Waals surface area contributed by atoms with Crippen LogP contribution in [0.3, 0.4) is 0 Å². The molecular formula is C28H28N2O5. The molecule has 3 aromatic rings. The Hall–Kier alpha value is -4.26. The van der Waals surface area contributed by atoms with Crippen molar-refractivity contribution in [3.63, 3.8) is 0 Å². The molecule has 35 heavy (non-hydrogen) atoms. The number of amides is 2. The zero-order chi connectivity index (χ0) is 24.9. The second kappa shape index (κ2) is 10.3. The lowest BCUT2D eigenvalue weighted by Gasteiger charge is -2.41. The predicted octanol–water partition coefficient (Wildman–Crippen LogP) is 4.56. The summed E-state index contributed by atoms with van der Waals surface area (Å²) in [6, 6.07) is 21.2. The summed E-state index contributed by atoms with van der Waals surface area (Å²) in [6.07, 6.45) is 1.93. The van der Waals surface area contributed by atoms with E-state index in [1.54, 1.807) is 61.6 Å². The minimum absolute atomic E-state index is 0.122. The van der Waals surface area contributed by atoms with E-state index in [2.05, 4.69) is 0 Å². The molecule has 0 unspecified atom stereocenters. The zero-order valence-corrected chi connectivity index (χ0v) is 20.2. The van der Waals surface area contributed by atoms with Crippen LogP contribution >= 0.6 is 0 Å². The summed E-state index contributed by atoms with van der Waals surface area (Å²) in [6.45, 7) is 1.75. The molecule has 0 bridgehead atoms. The molecule has 1 fully saturated rings. The molecule has 1 aliphatic heterocycles. The van der Waals surface area contributed by atoms with E-state index in [-0.39, 0.29) is 18.4 Å². The van der Waals surface area contributed by atoms with E-state index in [0.29, 0.717) is 28.6 Å². The second-order valence-electron chi connectivity index (χ2n) is 8.13. The van der Waals surface area contributed by atoms with Crippen LogP contribution in [-0.2, 0) is 9.59 Å². The summed E-state index contributed by atoms with van der Waals surface area (Å²) in [5, 5.41) is 0. The number of hydrogen-bond donors (Lipinski definition) is 0. The summed E-state index contributed by atoms with van der Waals surface area (Å²) in [7, 11) is 4.67. The van der Waals surface area contributed by atoms with Gasteiger partial charge in [-0.2, -0.15) is 0 Å². The molecule has 0 N–H and O–H groups in total. The molecule has 0 saturated carbocycles. The van der Waals surface area contributed by atoms with Crippen molar-refractivity contribution in [1.29, 1.82) is 0 Å². The Bertz CT molecular complexity index is 1240. The molecule has 0 aliphatic carbocycles. The number of hydrogen-bond acceptors (Lipinski definition) is 5. The van der Waals surface area contributed by atoms with E-state index in [9.17, 15) is 9.59 Å². The third kappa shape index (κ3) is 4.84. The quantitative estimate of drug-likeness (QED) is 0.504. The van der Waals surface area contributed by atoms with Gasteiger partial charge < -0.3 is 14.2 Å². The van der Waals surface area contributed by atoms with Gasteiger partial charge in [-0.05, 0) is 54.5 Å². The van der Waals surface area contributed by atoms with Crippen molar-refractivity contribution < 1.29 is 23.8 Å². The zero-order valence-electron chi connectivity index (χ0n) is 20.2. The molecule has 1 atom stereocenters. The van der Waals surface area contributed by atoms with Gasteiger partial charge in [0, 0.05) is 11.8 Å². The number of carbonyl (C=O) groups is 2. The molecule has 4 rings (SSSR count). The highest BCUT2D eigenvalue weighted by atomic mass is 16.5. The Kier molecular flexibility index (Phi) is 7.06. The maximum absolute atomic E-state index is 14.0. The average Bonchev–Trinajstić information content (AvgIpc) is 2.89. The highest BCUT2D eigenvalue weighted by Crippen LogP contribution is 2.36. The molecule has 0 aromatic heterocycles. The first-order chi connectivity index (χ1) is 17.0. The first-order valence-corrected chi connectivity index (χ1v) is 11.2. The van der Waals surface area contributed by atoms with Crippen LogP contribution in [0.2, 0.25) is 0 Å². The largest absolute Gasteiger partial charge is 0.497 e. The SMILES string of the molecule is COc1ccc(N2C(=O)CN(c3ccc(OC)cc3OC)C(=O)[C@@H]2/C(C)=C\c2ccccc2)cc1. The van der Waals surface area contributed by atoms with Crippen molar-refractivity contribution in [2.45, 2.75) is 13.0 Å². The van der Waals surface area contributed by atoms with Crippen LogP contribution in [-0.4, -0.2) is 45.7 Å². The van der Waals surface area contributed by atoms with Crippen molar-refractivity contribution >= 4 is 29.3 Å². The van der Waals surface area contributed by atoms with Crippen LogP contribution in [0.4, 0.5) is 11.4 Å². The second-order valence-corrected chi connectivity index (χ2v) is 8.13. The van der Waals surface area contributed by atoms with Crippen LogP contribution in [0.1, 0.15) is 12.5 Å². The fourth-order valence-corrected chi connectivity index (χ4v) is 4.23. The standard InChI is InChI=1S/C28H28N2O5/c1-19(16-20-8-6-5-7-9-20)27-28(32)29(24-15-14-23(34-3)17-25(24)35-4)18-26(31)30(27)21-10-12-22(33-2)13-11-21/h5-17,27H,18H2,1-4H3/b19-16-/t27-/m0/s1. The van der Waals surface area contributed by atoms with Gasteiger partial charge in [-0.15, -0.1) is 0 Å². The third-order valence-corrected chi connectivity index (χ3v) is 5.97. The van der Waals surface area contributed by atoms with Crippen molar-refractivity contribution in [3.8, 4) is 17.2 Å². The van der Waals surface area contributed by atoms with Crippen LogP contribution in [0, 0.1) is 0 Å². The van der Waals surface area contributed by atoms with Gasteiger partial charge in [0.1, 0.15) is 29.8 Å². The molecule has 7 heteroatoms. The van der Waals surface area contributed by atoms with E-state index in [1.165, 1.54) is 12.0 Å². The predicted molar refractivity (Wildman–Crippen MR) is 136 cm³/mol. The van der Waals surface area contributed by atoms with Gasteiger partial charge in [-0.25, -0.2) is 0 Å².